The van der Waals surface area contributed by atoms with Crippen LogP contribution in [0, 0.1) is 0 Å². The van der Waals surface area contributed by atoms with Crippen LogP contribution in [0.2, 0.25) is 0 Å². The summed E-state index contributed by atoms with van der Waals surface area (Å²) in [5.41, 5.74) is 3.68. The third-order valence-electron chi connectivity index (χ3n) is 8.38. The van der Waals surface area contributed by atoms with Gasteiger partial charge in [-0.15, -0.1) is 0 Å². The second-order valence-corrected chi connectivity index (χ2v) is 11.1. The van der Waals surface area contributed by atoms with E-state index in [4.69, 9.17) is 0 Å². The van der Waals surface area contributed by atoms with E-state index in [0.717, 1.165) is 4.47 Å². The van der Waals surface area contributed by atoms with Crippen LogP contribution in [0.15, 0.2) is 126 Å². The Bertz CT molecular complexity index is 2380. The summed E-state index contributed by atoms with van der Waals surface area (Å²) in [6, 6.07) is 44.6. The average Bonchev–Trinajstić information content (AvgIpc) is 3.32. The van der Waals surface area contributed by atoms with Crippen molar-refractivity contribution in [1.82, 2.24) is 4.57 Å². The summed E-state index contributed by atoms with van der Waals surface area (Å²) in [6.07, 6.45) is 0. The summed E-state index contributed by atoms with van der Waals surface area (Å²) in [7, 11) is 0. The highest BCUT2D eigenvalue weighted by Crippen LogP contribution is 2.46. The Balaban J connectivity index is 1.49. The fourth-order valence-corrected chi connectivity index (χ4v) is 7.41. The van der Waals surface area contributed by atoms with Crippen molar-refractivity contribution in [2.75, 3.05) is 0 Å². The molecule has 0 radical (unpaired) electrons. The van der Waals surface area contributed by atoms with Gasteiger partial charge in [-0.1, -0.05) is 107 Å². The molecule has 0 aliphatic rings. The molecule has 2 heteroatoms. The van der Waals surface area contributed by atoms with Crippen LogP contribution in [-0.4, -0.2) is 4.57 Å². The normalized spacial score (nSPS) is 12.3. The van der Waals surface area contributed by atoms with Gasteiger partial charge < -0.3 is 4.57 Å². The van der Waals surface area contributed by atoms with E-state index in [1.807, 2.05) is 0 Å². The highest BCUT2D eigenvalue weighted by atomic mass is 79.9. The molecule has 0 spiro atoms. The quantitative estimate of drug-likeness (QED) is 0.181. The zero-order valence-electron chi connectivity index (χ0n) is 20.4. The fraction of sp³-hybridized carbons (Fsp3) is 0. The molecule has 0 N–H and O–H groups in total. The molecule has 38 heavy (non-hydrogen) atoms. The molecule has 1 nitrogen and oxygen atoms in total. The molecular formula is C36H20BrN. The number of fused-ring (bicyclic) bond motifs is 9. The van der Waals surface area contributed by atoms with Crippen molar-refractivity contribution in [2.45, 2.75) is 0 Å². The minimum Gasteiger partial charge on any atom is -0.309 e. The molecular weight excluding hydrogens is 526 g/mol. The standard InChI is InChI=1S/C36H20BrN/c37-31-18-19-33-36-34(31)28-13-6-5-12-26(28)29-14-7-15-32(35(29)36)38(33)21-16-17-27-24-10-2-1-8-22(24)23-9-3-4-11-25(23)30(27)20-21/h1-20H. The first kappa shape index (κ1) is 20.6. The van der Waals surface area contributed by atoms with Gasteiger partial charge in [0.2, 0.25) is 0 Å². The Morgan fingerprint density at radius 3 is 1.55 bits per heavy atom. The van der Waals surface area contributed by atoms with Crippen molar-refractivity contribution in [3.8, 4) is 5.69 Å². The molecule has 0 saturated carbocycles. The Morgan fingerprint density at radius 2 is 0.868 bits per heavy atom. The maximum Gasteiger partial charge on any atom is 0.0548 e. The van der Waals surface area contributed by atoms with Gasteiger partial charge in [-0.05, 0) is 78.8 Å². The van der Waals surface area contributed by atoms with E-state index >= 15 is 0 Å². The number of aromatic nitrogens is 1. The van der Waals surface area contributed by atoms with Gasteiger partial charge in [0.1, 0.15) is 0 Å². The van der Waals surface area contributed by atoms with Crippen molar-refractivity contribution in [3.05, 3.63) is 126 Å². The monoisotopic (exact) mass is 545 g/mol. The van der Waals surface area contributed by atoms with Crippen LogP contribution in [0.1, 0.15) is 0 Å². The molecule has 0 unspecified atom stereocenters. The van der Waals surface area contributed by atoms with Gasteiger partial charge in [0.25, 0.3) is 0 Å². The number of halogens is 1. The van der Waals surface area contributed by atoms with Gasteiger partial charge >= 0.3 is 0 Å². The third kappa shape index (κ3) is 2.51. The molecule has 1 heterocycles. The van der Waals surface area contributed by atoms with Gasteiger partial charge in [-0.3, -0.25) is 0 Å². The molecule has 0 aliphatic carbocycles. The highest BCUT2D eigenvalue weighted by molar-refractivity contribution is 9.10. The summed E-state index contributed by atoms with van der Waals surface area (Å²) in [4.78, 5) is 0. The molecule has 0 fully saturated rings. The van der Waals surface area contributed by atoms with E-state index in [1.165, 1.54) is 81.4 Å². The topological polar surface area (TPSA) is 4.93 Å². The van der Waals surface area contributed by atoms with Crippen molar-refractivity contribution in [2.24, 2.45) is 0 Å². The van der Waals surface area contributed by atoms with Gasteiger partial charge in [0, 0.05) is 26.3 Å². The molecule has 0 bridgehead atoms. The van der Waals surface area contributed by atoms with Crippen LogP contribution in [0.4, 0.5) is 0 Å². The van der Waals surface area contributed by atoms with E-state index < -0.39 is 0 Å². The maximum absolute atomic E-state index is 3.90. The molecule has 176 valence electrons. The molecule has 8 aromatic carbocycles. The SMILES string of the molecule is Brc1ccc2c3c1c1ccccc1c1cccc(c13)n2-c1ccc2c3ccccc3c3ccccc3c2c1. The molecule has 0 aliphatic heterocycles. The Labute approximate surface area is 227 Å². The Morgan fingerprint density at radius 1 is 0.368 bits per heavy atom. The van der Waals surface area contributed by atoms with Gasteiger partial charge in [0.05, 0.1) is 11.0 Å². The first-order valence-corrected chi connectivity index (χ1v) is 13.8. The first-order chi connectivity index (χ1) is 18.8. The lowest BCUT2D eigenvalue weighted by Crippen LogP contribution is -1.94. The molecule has 0 amide bonds. The number of hydrogen-bond donors (Lipinski definition) is 0. The minimum atomic E-state index is 1.14. The zero-order valence-corrected chi connectivity index (χ0v) is 22.0. The van der Waals surface area contributed by atoms with E-state index in [9.17, 15) is 0 Å². The molecule has 1 aromatic heterocycles. The van der Waals surface area contributed by atoms with Gasteiger partial charge in [0.15, 0.2) is 0 Å². The smallest absolute Gasteiger partial charge is 0.0548 e. The third-order valence-corrected chi connectivity index (χ3v) is 9.04. The van der Waals surface area contributed by atoms with Crippen molar-refractivity contribution < 1.29 is 0 Å². The summed E-state index contributed by atoms with van der Waals surface area (Å²) in [5.74, 6) is 0. The fourth-order valence-electron chi connectivity index (χ4n) is 6.86. The van der Waals surface area contributed by atoms with Crippen LogP contribution in [-0.2, 0) is 0 Å². The van der Waals surface area contributed by atoms with Crippen LogP contribution < -0.4 is 0 Å². The molecule has 0 saturated heterocycles. The number of rotatable bonds is 1. The number of benzene rings is 8. The van der Waals surface area contributed by atoms with Crippen LogP contribution in [0.25, 0.3) is 81.4 Å². The maximum atomic E-state index is 3.90. The molecule has 0 atom stereocenters. The van der Waals surface area contributed by atoms with Crippen molar-refractivity contribution >= 4 is 91.6 Å². The number of nitrogens with zero attached hydrogens (tertiary/aromatic N) is 1. The summed E-state index contributed by atoms with van der Waals surface area (Å²) >= 11 is 3.90. The minimum absolute atomic E-state index is 1.14. The lowest BCUT2D eigenvalue weighted by molar-refractivity contribution is 1.19. The Hall–Kier alpha value is -4.40. The first-order valence-electron chi connectivity index (χ1n) is 13.0. The molecule has 9 rings (SSSR count). The zero-order chi connectivity index (χ0) is 25.0. The summed E-state index contributed by atoms with van der Waals surface area (Å²) in [6.45, 7) is 0. The average molecular weight is 546 g/mol. The predicted molar refractivity (Wildman–Crippen MR) is 167 cm³/mol. The lowest BCUT2D eigenvalue weighted by atomic mass is 9.94. The van der Waals surface area contributed by atoms with Crippen molar-refractivity contribution in [1.29, 1.82) is 0 Å². The second kappa shape index (κ2) is 7.34. The second-order valence-electron chi connectivity index (χ2n) is 10.2. The summed E-state index contributed by atoms with van der Waals surface area (Å²) < 4.78 is 3.60. The highest BCUT2D eigenvalue weighted by Gasteiger charge is 2.21. The lowest BCUT2D eigenvalue weighted by Gasteiger charge is -2.13. The van der Waals surface area contributed by atoms with E-state index in [-0.39, 0.29) is 0 Å². The largest absolute Gasteiger partial charge is 0.309 e. The Kier molecular flexibility index (Phi) is 3.99. The van der Waals surface area contributed by atoms with Crippen LogP contribution in [0.3, 0.4) is 0 Å². The van der Waals surface area contributed by atoms with Gasteiger partial charge in [-0.25, -0.2) is 0 Å². The van der Waals surface area contributed by atoms with Crippen molar-refractivity contribution in [3.63, 3.8) is 0 Å². The number of hydrogen-bond acceptors (Lipinski definition) is 0. The van der Waals surface area contributed by atoms with E-state index in [0.29, 0.717) is 0 Å². The predicted octanol–water partition coefficient (Wildman–Crippen LogP) is 10.7. The van der Waals surface area contributed by atoms with Gasteiger partial charge in [-0.2, -0.15) is 0 Å². The van der Waals surface area contributed by atoms with Crippen LogP contribution in [0.5, 0.6) is 0 Å². The summed E-state index contributed by atoms with van der Waals surface area (Å²) in [5, 5.41) is 15.6. The van der Waals surface area contributed by atoms with Crippen LogP contribution >= 0.6 is 15.9 Å². The van der Waals surface area contributed by atoms with E-state index in [1.54, 1.807) is 0 Å². The molecule has 9 aromatic rings. The van der Waals surface area contributed by atoms with E-state index in [2.05, 4.69) is 142 Å².